The van der Waals surface area contributed by atoms with Crippen molar-refractivity contribution in [1.82, 2.24) is 0 Å². The van der Waals surface area contributed by atoms with Crippen LogP contribution in [0.15, 0.2) is 6.07 Å². The predicted molar refractivity (Wildman–Crippen MR) is 70.7 cm³/mol. The highest BCUT2D eigenvalue weighted by Crippen LogP contribution is 2.43. The van der Waals surface area contributed by atoms with Gasteiger partial charge in [0.15, 0.2) is 11.5 Å². The van der Waals surface area contributed by atoms with E-state index in [9.17, 15) is 5.11 Å². The topological polar surface area (TPSA) is 64.7 Å². The maximum Gasteiger partial charge on any atom is 0.168 e. The first-order valence-electron chi connectivity index (χ1n) is 6.24. The van der Waals surface area contributed by atoms with E-state index in [0.29, 0.717) is 42.7 Å². The number of ether oxygens (including phenoxy) is 2. The summed E-state index contributed by atoms with van der Waals surface area (Å²) in [5.74, 6) is 1.35. The summed E-state index contributed by atoms with van der Waals surface area (Å²) in [6, 6.07) is 1.62. The molecule has 5 heteroatoms. The van der Waals surface area contributed by atoms with Crippen molar-refractivity contribution in [3.63, 3.8) is 0 Å². The zero-order chi connectivity index (χ0) is 13.0. The van der Waals surface area contributed by atoms with E-state index in [-0.39, 0.29) is 5.75 Å². The Kier molecular flexibility index (Phi) is 4.55. The molecular formula is C13H18ClNO3. The van der Waals surface area contributed by atoms with Crippen LogP contribution in [0.2, 0.25) is 5.02 Å². The van der Waals surface area contributed by atoms with Crippen molar-refractivity contribution in [3.8, 4) is 17.2 Å². The van der Waals surface area contributed by atoms with Gasteiger partial charge in [0, 0.05) is 18.1 Å². The van der Waals surface area contributed by atoms with Crippen LogP contribution in [-0.4, -0.2) is 24.9 Å². The lowest BCUT2D eigenvalue weighted by Gasteiger charge is -2.15. The molecule has 1 aromatic rings. The Morgan fingerprint density at radius 2 is 2.06 bits per heavy atom. The molecule has 0 aromatic heterocycles. The highest BCUT2D eigenvalue weighted by Gasteiger charge is 2.20. The van der Waals surface area contributed by atoms with E-state index in [1.807, 2.05) is 0 Å². The third-order valence-corrected chi connectivity index (χ3v) is 3.23. The Morgan fingerprint density at radius 1 is 1.28 bits per heavy atom. The summed E-state index contributed by atoms with van der Waals surface area (Å²) in [4.78, 5) is 0. The van der Waals surface area contributed by atoms with Gasteiger partial charge in [-0.05, 0) is 25.8 Å². The SMILES string of the molecule is NCCCCc1c(O)c(Cl)cc2c1OCCCO2. The van der Waals surface area contributed by atoms with E-state index in [2.05, 4.69) is 0 Å². The molecule has 1 aliphatic heterocycles. The monoisotopic (exact) mass is 271 g/mol. The predicted octanol–water partition coefficient (Wildman–Crippen LogP) is 2.49. The van der Waals surface area contributed by atoms with Gasteiger partial charge in [-0.3, -0.25) is 0 Å². The number of rotatable bonds is 4. The van der Waals surface area contributed by atoms with Crippen LogP contribution in [-0.2, 0) is 6.42 Å². The number of halogens is 1. The van der Waals surface area contributed by atoms with Crippen LogP contribution in [0, 0.1) is 0 Å². The van der Waals surface area contributed by atoms with Gasteiger partial charge in [0.05, 0.1) is 18.2 Å². The quantitative estimate of drug-likeness (QED) is 0.826. The van der Waals surface area contributed by atoms with Gasteiger partial charge in [-0.15, -0.1) is 0 Å². The molecular weight excluding hydrogens is 254 g/mol. The number of phenolic OH excluding ortho intramolecular Hbond substituents is 1. The number of hydrogen-bond donors (Lipinski definition) is 2. The summed E-state index contributed by atoms with van der Waals surface area (Å²) in [5.41, 5.74) is 6.21. The van der Waals surface area contributed by atoms with E-state index in [0.717, 1.165) is 24.8 Å². The molecule has 1 aromatic carbocycles. The van der Waals surface area contributed by atoms with E-state index in [1.54, 1.807) is 6.07 Å². The second-order valence-corrected chi connectivity index (χ2v) is 4.72. The first-order valence-corrected chi connectivity index (χ1v) is 6.62. The first kappa shape index (κ1) is 13.3. The Hall–Kier alpha value is -1.13. The molecule has 0 radical (unpaired) electrons. The fraction of sp³-hybridized carbons (Fsp3) is 0.538. The van der Waals surface area contributed by atoms with E-state index in [1.165, 1.54) is 0 Å². The molecule has 100 valence electrons. The summed E-state index contributed by atoms with van der Waals surface area (Å²) in [6.45, 7) is 1.84. The molecule has 0 saturated carbocycles. The van der Waals surface area contributed by atoms with Crippen molar-refractivity contribution in [1.29, 1.82) is 0 Å². The van der Waals surface area contributed by atoms with Gasteiger partial charge < -0.3 is 20.3 Å². The third kappa shape index (κ3) is 2.82. The van der Waals surface area contributed by atoms with Gasteiger partial charge in [-0.2, -0.15) is 0 Å². The molecule has 0 saturated heterocycles. The second-order valence-electron chi connectivity index (χ2n) is 4.31. The molecule has 0 atom stereocenters. The molecule has 4 nitrogen and oxygen atoms in total. The van der Waals surface area contributed by atoms with Crippen molar-refractivity contribution in [2.75, 3.05) is 19.8 Å². The van der Waals surface area contributed by atoms with Crippen LogP contribution >= 0.6 is 11.6 Å². The lowest BCUT2D eigenvalue weighted by Crippen LogP contribution is -2.02. The fourth-order valence-electron chi connectivity index (χ4n) is 2.01. The van der Waals surface area contributed by atoms with Crippen LogP contribution in [0.5, 0.6) is 17.2 Å². The smallest absolute Gasteiger partial charge is 0.168 e. The average molecular weight is 272 g/mol. The molecule has 1 heterocycles. The lowest BCUT2D eigenvalue weighted by molar-refractivity contribution is 0.295. The standard InChI is InChI=1S/C13H18ClNO3/c14-10-8-11-13(18-7-3-6-17-11)9(12(10)16)4-1-2-5-15/h8,16H,1-7,15H2. The van der Waals surface area contributed by atoms with E-state index >= 15 is 0 Å². The summed E-state index contributed by atoms with van der Waals surface area (Å²) in [5, 5.41) is 10.4. The number of aromatic hydroxyl groups is 1. The molecule has 1 aliphatic rings. The fourth-order valence-corrected chi connectivity index (χ4v) is 2.22. The zero-order valence-corrected chi connectivity index (χ0v) is 11.0. The second kappa shape index (κ2) is 6.16. The molecule has 0 aliphatic carbocycles. The van der Waals surface area contributed by atoms with Gasteiger partial charge in [0.25, 0.3) is 0 Å². The van der Waals surface area contributed by atoms with Gasteiger partial charge in [0.2, 0.25) is 0 Å². The molecule has 2 rings (SSSR count). The van der Waals surface area contributed by atoms with Gasteiger partial charge in [0.1, 0.15) is 5.75 Å². The lowest BCUT2D eigenvalue weighted by atomic mass is 10.0. The maximum absolute atomic E-state index is 10.0. The number of phenols is 1. The molecule has 0 fully saturated rings. The highest BCUT2D eigenvalue weighted by molar-refractivity contribution is 6.32. The Labute approximate surface area is 112 Å². The van der Waals surface area contributed by atoms with Crippen LogP contribution < -0.4 is 15.2 Å². The normalized spacial score (nSPS) is 14.3. The van der Waals surface area contributed by atoms with Crippen molar-refractivity contribution >= 4 is 11.6 Å². The summed E-state index contributed by atoms with van der Waals surface area (Å²) in [6.07, 6.45) is 3.31. The van der Waals surface area contributed by atoms with E-state index in [4.69, 9.17) is 26.8 Å². The minimum absolute atomic E-state index is 0.0953. The molecule has 0 amide bonds. The minimum Gasteiger partial charge on any atom is -0.506 e. The van der Waals surface area contributed by atoms with Crippen LogP contribution in [0.3, 0.4) is 0 Å². The number of nitrogens with two attached hydrogens (primary N) is 1. The zero-order valence-electron chi connectivity index (χ0n) is 10.2. The van der Waals surface area contributed by atoms with Gasteiger partial charge in [-0.25, -0.2) is 0 Å². The first-order chi connectivity index (χ1) is 8.74. The Bertz CT molecular complexity index is 423. The molecule has 0 bridgehead atoms. The van der Waals surface area contributed by atoms with Crippen LogP contribution in [0.25, 0.3) is 0 Å². The summed E-state index contributed by atoms with van der Waals surface area (Å²) >= 11 is 6.01. The Balaban J connectivity index is 2.32. The third-order valence-electron chi connectivity index (χ3n) is 2.94. The molecule has 3 N–H and O–H groups in total. The number of benzene rings is 1. The Morgan fingerprint density at radius 3 is 2.83 bits per heavy atom. The van der Waals surface area contributed by atoms with Crippen molar-refractivity contribution in [2.24, 2.45) is 5.73 Å². The molecule has 0 unspecified atom stereocenters. The number of unbranched alkanes of at least 4 members (excludes halogenated alkanes) is 1. The largest absolute Gasteiger partial charge is 0.506 e. The molecule has 0 spiro atoms. The molecule has 18 heavy (non-hydrogen) atoms. The average Bonchev–Trinajstić information content (AvgIpc) is 2.59. The number of fused-ring (bicyclic) bond motifs is 1. The van der Waals surface area contributed by atoms with Crippen molar-refractivity contribution < 1.29 is 14.6 Å². The van der Waals surface area contributed by atoms with Crippen LogP contribution in [0.4, 0.5) is 0 Å². The summed E-state index contributed by atoms with van der Waals surface area (Å²) < 4.78 is 11.3. The van der Waals surface area contributed by atoms with Gasteiger partial charge >= 0.3 is 0 Å². The highest BCUT2D eigenvalue weighted by atomic mass is 35.5. The minimum atomic E-state index is 0.0953. The van der Waals surface area contributed by atoms with Crippen LogP contribution in [0.1, 0.15) is 24.8 Å². The van der Waals surface area contributed by atoms with E-state index < -0.39 is 0 Å². The van der Waals surface area contributed by atoms with Crippen molar-refractivity contribution in [2.45, 2.75) is 25.7 Å². The summed E-state index contributed by atoms with van der Waals surface area (Å²) in [7, 11) is 0. The maximum atomic E-state index is 10.0. The van der Waals surface area contributed by atoms with Gasteiger partial charge in [-0.1, -0.05) is 11.6 Å². The van der Waals surface area contributed by atoms with Crippen molar-refractivity contribution in [3.05, 3.63) is 16.7 Å². The number of hydrogen-bond acceptors (Lipinski definition) is 4.